The molecule has 0 saturated carbocycles. The van der Waals surface area contributed by atoms with E-state index in [1.165, 1.54) is 12.1 Å². The van der Waals surface area contributed by atoms with E-state index in [1.54, 1.807) is 12.1 Å². The average Bonchev–Trinajstić information content (AvgIpc) is 2.01. The maximum atomic E-state index is 12.8. The van der Waals surface area contributed by atoms with E-state index in [4.69, 9.17) is 0 Å². The number of Topliss-reactive ketones (excluding diaryl/α,β-unsaturated/α-hetero) is 1. The number of hydrogen-bond donors (Lipinski definition) is 0. The third kappa shape index (κ3) is 3.66. The lowest BCUT2D eigenvalue weighted by Crippen LogP contribution is -2.22. The first kappa shape index (κ1) is 10.9. The average molecular weight is 195 g/mol. The minimum atomic E-state index is -0.292. The van der Waals surface area contributed by atoms with Crippen LogP contribution in [0, 0.1) is 5.82 Å². The van der Waals surface area contributed by atoms with Gasteiger partial charge in [-0.3, -0.25) is 4.79 Å². The molecule has 2 nitrogen and oxygen atoms in total. The van der Waals surface area contributed by atoms with Gasteiger partial charge in [0.05, 0.1) is 6.54 Å². The monoisotopic (exact) mass is 195 g/mol. The standard InChI is InChI=1S/C11H14FNO/c1-13(2)8-11(14)7-9-4-3-5-10(12)6-9/h3-6H,7-8H2,1-2H3. The van der Waals surface area contributed by atoms with E-state index < -0.39 is 0 Å². The molecule has 76 valence electrons. The number of hydrogen-bond acceptors (Lipinski definition) is 2. The SMILES string of the molecule is CN(C)CC(=O)Cc1cccc(F)c1. The molecule has 0 bridgehead atoms. The third-order valence-electron chi connectivity index (χ3n) is 1.78. The fourth-order valence-electron chi connectivity index (χ4n) is 1.28. The number of halogens is 1. The summed E-state index contributed by atoms with van der Waals surface area (Å²) in [5.74, 6) is -0.194. The van der Waals surface area contributed by atoms with Crippen molar-refractivity contribution in [3.05, 3.63) is 35.6 Å². The number of likely N-dealkylation sites (N-methyl/N-ethyl adjacent to an activating group) is 1. The first-order valence-electron chi connectivity index (χ1n) is 4.49. The van der Waals surface area contributed by atoms with Crippen LogP contribution in [0.2, 0.25) is 0 Å². The summed E-state index contributed by atoms with van der Waals surface area (Å²) in [6.07, 6.45) is 0.302. The van der Waals surface area contributed by atoms with Crippen LogP contribution in [0.4, 0.5) is 4.39 Å². The van der Waals surface area contributed by atoms with Crippen molar-refractivity contribution in [2.24, 2.45) is 0 Å². The number of ketones is 1. The van der Waals surface area contributed by atoms with Crippen LogP contribution in [0.1, 0.15) is 5.56 Å². The summed E-state index contributed by atoms with van der Waals surface area (Å²) in [6.45, 7) is 0.399. The van der Waals surface area contributed by atoms with Crippen LogP contribution in [0.15, 0.2) is 24.3 Å². The number of carbonyl (C=O) groups is 1. The second-order valence-electron chi connectivity index (χ2n) is 3.58. The lowest BCUT2D eigenvalue weighted by atomic mass is 10.1. The Labute approximate surface area is 83.3 Å². The smallest absolute Gasteiger partial charge is 0.151 e. The van der Waals surface area contributed by atoms with Crippen molar-refractivity contribution in [3.63, 3.8) is 0 Å². The van der Waals surface area contributed by atoms with Gasteiger partial charge in [-0.15, -0.1) is 0 Å². The van der Waals surface area contributed by atoms with E-state index in [0.717, 1.165) is 5.56 Å². The van der Waals surface area contributed by atoms with Gasteiger partial charge < -0.3 is 4.90 Å². The molecule has 14 heavy (non-hydrogen) atoms. The third-order valence-corrected chi connectivity index (χ3v) is 1.78. The van der Waals surface area contributed by atoms with E-state index >= 15 is 0 Å². The Balaban J connectivity index is 2.56. The first-order valence-corrected chi connectivity index (χ1v) is 4.49. The summed E-state index contributed by atoms with van der Waals surface area (Å²) in [7, 11) is 3.67. The summed E-state index contributed by atoms with van der Waals surface area (Å²) in [4.78, 5) is 13.2. The maximum Gasteiger partial charge on any atom is 0.151 e. The molecule has 0 aliphatic rings. The van der Waals surface area contributed by atoms with Gasteiger partial charge in [0.2, 0.25) is 0 Å². The lowest BCUT2D eigenvalue weighted by molar-refractivity contribution is -0.119. The highest BCUT2D eigenvalue weighted by Gasteiger charge is 2.05. The van der Waals surface area contributed by atoms with Gasteiger partial charge in [-0.05, 0) is 31.8 Å². The molecular formula is C11H14FNO. The van der Waals surface area contributed by atoms with Crippen molar-refractivity contribution in [1.29, 1.82) is 0 Å². The molecule has 1 rings (SSSR count). The van der Waals surface area contributed by atoms with Crippen molar-refractivity contribution in [2.45, 2.75) is 6.42 Å². The summed E-state index contributed by atoms with van der Waals surface area (Å²) in [5.41, 5.74) is 0.733. The molecule has 1 aromatic rings. The Hall–Kier alpha value is -1.22. The fraction of sp³-hybridized carbons (Fsp3) is 0.364. The van der Waals surface area contributed by atoms with Gasteiger partial charge in [-0.25, -0.2) is 4.39 Å². The van der Waals surface area contributed by atoms with Crippen molar-refractivity contribution in [2.75, 3.05) is 20.6 Å². The molecule has 0 aliphatic heterocycles. The van der Waals surface area contributed by atoms with Gasteiger partial charge in [0, 0.05) is 6.42 Å². The Bertz CT molecular complexity index is 323. The van der Waals surface area contributed by atoms with Crippen molar-refractivity contribution in [1.82, 2.24) is 4.90 Å². The molecule has 0 fully saturated rings. The van der Waals surface area contributed by atoms with Crippen LogP contribution >= 0.6 is 0 Å². The molecule has 0 heterocycles. The molecule has 0 aliphatic carbocycles. The maximum absolute atomic E-state index is 12.8. The number of benzene rings is 1. The second kappa shape index (κ2) is 4.86. The van der Waals surface area contributed by atoms with E-state index in [9.17, 15) is 9.18 Å². The van der Waals surface area contributed by atoms with Crippen LogP contribution < -0.4 is 0 Å². The Morgan fingerprint density at radius 3 is 2.71 bits per heavy atom. The van der Waals surface area contributed by atoms with Gasteiger partial charge in [0.25, 0.3) is 0 Å². The number of rotatable bonds is 4. The lowest BCUT2D eigenvalue weighted by Gasteiger charge is -2.07. The zero-order valence-electron chi connectivity index (χ0n) is 8.46. The van der Waals surface area contributed by atoms with Gasteiger partial charge in [-0.1, -0.05) is 12.1 Å². The second-order valence-corrected chi connectivity index (χ2v) is 3.58. The quantitative estimate of drug-likeness (QED) is 0.725. The summed E-state index contributed by atoms with van der Waals surface area (Å²) in [6, 6.07) is 6.15. The summed E-state index contributed by atoms with van der Waals surface area (Å²) < 4.78 is 12.8. The highest BCUT2D eigenvalue weighted by atomic mass is 19.1. The van der Waals surface area contributed by atoms with Crippen molar-refractivity contribution >= 4 is 5.78 Å². The highest BCUT2D eigenvalue weighted by Crippen LogP contribution is 2.04. The fourth-order valence-corrected chi connectivity index (χ4v) is 1.28. The predicted octanol–water partition coefficient (Wildman–Crippen LogP) is 1.50. The van der Waals surface area contributed by atoms with Crippen LogP contribution in [0.5, 0.6) is 0 Å². The van der Waals surface area contributed by atoms with Gasteiger partial charge in [-0.2, -0.15) is 0 Å². The minimum Gasteiger partial charge on any atom is -0.302 e. The molecule has 0 radical (unpaired) electrons. The Kier molecular flexibility index (Phi) is 3.77. The summed E-state index contributed by atoms with van der Waals surface area (Å²) in [5, 5.41) is 0. The zero-order chi connectivity index (χ0) is 10.6. The van der Waals surface area contributed by atoms with E-state index in [0.29, 0.717) is 13.0 Å². The largest absolute Gasteiger partial charge is 0.302 e. The zero-order valence-corrected chi connectivity index (χ0v) is 8.46. The molecule has 1 aromatic carbocycles. The molecule has 0 atom stereocenters. The highest BCUT2D eigenvalue weighted by molar-refractivity contribution is 5.82. The number of carbonyl (C=O) groups excluding carboxylic acids is 1. The van der Waals surface area contributed by atoms with Crippen LogP contribution in [0.25, 0.3) is 0 Å². The molecule has 0 amide bonds. The first-order chi connectivity index (χ1) is 6.58. The van der Waals surface area contributed by atoms with Gasteiger partial charge >= 0.3 is 0 Å². The van der Waals surface area contributed by atoms with Crippen molar-refractivity contribution in [3.8, 4) is 0 Å². The summed E-state index contributed by atoms with van der Waals surface area (Å²) >= 11 is 0. The minimum absolute atomic E-state index is 0.0978. The molecule has 3 heteroatoms. The van der Waals surface area contributed by atoms with Crippen LogP contribution in [-0.4, -0.2) is 31.3 Å². The van der Waals surface area contributed by atoms with Gasteiger partial charge in [0.1, 0.15) is 5.82 Å². The van der Waals surface area contributed by atoms with Crippen LogP contribution in [-0.2, 0) is 11.2 Å². The molecule has 0 N–H and O–H groups in total. The van der Waals surface area contributed by atoms with E-state index in [2.05, 4.69) is 0 Å². The molecular weight excluding hydrogens is 181 g/mol. The molecule has 0 spiro atoms. The van der Waals surface area contributed by atoms with E-state index in [1.807, 2.05) is 19.0 Å². The Morgan fingerprint density at radius 2 is 2.14 bits per heavy atom. The molecule has 0 saturated heterocycles. The number of nitrogens with zero attached hydrogens (tertiary/aromatic N) is 1. The van der Waals surface area contributed by atoms with Gasteiger partial charge in [0.15, 0.2) is 5.78 Å². The predicted molar refractivity (Wildman–Crippen MR) is 53.7 cm³/mol. The topological polar surface area (TPSA) is 20.3 Å². The molecule has 0 aromatic heterocycles. The van der Waals surface area contributed by atoms with E-state index in [-0.39, 0.29) is 11.6 Å². The van der Waals surface area contributed by atoms with Crippen LogP contribution in [0.3, 0.4) is 0 Å². The molecule has 0 unspecified atom stereocenters. The van der Waals surface area contributed by atoms with Crippen molar-refractivity contribution < 1.29 is 9.18 Å². The Morgan fingerprint density at radius 1 is 1.43 bits per heavy atom. The normalized spacial score (nSPS) is 10.6.